The zero-order valence-corrected chi connectivity index (χ0v) is 18.8. The lowest BCUT2D eigenvalue weighted by Gasteiger charge is -2.18. The summed E-state index contributed by atoms with van der Waals surface area (Å²) in [6, 6.07) is 18.9. The second-order valence-corrected chi connectivity index (χ2v) is 9.03. The fraction of sp³-hybridized carbons (Fsp3) is 0.538. The number of hydrogen-bond acceptors (Lipinski definition) is 2. The van der Waals surface area contributed by atoms with Gasteiger partial charge in [0.1, 0.15) is 0 Å². The summed E-state index contributed by atoms with van der Waals surface area (Å²) in [6.45, 7) is 15.5. The average molecular weight is 381 g/mol. The Kier molecular flexibility index (Phi) is 9.21. The van der Waals surface area contributed by atoms with Gasteiger partial charge in [0.2, 0.25) is 0 Å². The molecule has 2 aromatic carbocycles. The molecule has 2 atom stereocenters. The third kappa shape index (κ3) is 7.77. The Morgan fingerprint density at radius 2 is 0.857 bits per heavy atom. The first-order valence-electron chi connectivity index (χ1n) is 11.0. The van der Waals surface area contributed by atoms with Crippen LogP contribution in [0.1, 0.15) is 75.9 Å². The van der Waals surface area contributed by atoms with Gasteiger partial charge in [0, 0.05) is 25.2 Å². The van der Waals surface area contributed by atoms with Crippen molar-refractivity contribution in [3.05, 3.63) is 70.8 Å². The standard InChI is InChI=1S/C26H40N2/c1-19(2)17-23-7-11-25(12-8-23)21(5)27-15-16-28-22(6)26-13-9-24(10-14-26)18-20(3)4/h7-14,19-22,27-28H,15-18H2,1-6H3/t21-,22-/m0/s1. The van der Waals surface area contributed by atoms with Crippen LogP contribution in [0.4, 0.5) is 0 Å². The molecule has 0 radical (unpaired) electrons. The molecule has 28 heavy (non-hydrogen) atoms. The third-order valence-corrected chi connectivity index (χ3v) is 5.27. The molecule has 0 heterocycles. The minimum atomic E-state index is 0.375. The van der Waals surface area contributed by atoms with E-state index >= 15 is 0 Å². The van der Waals surface area contributed by atoms with Crippen molar-refractivity contribution in [2.24, 2.45) is 11.8 Å². The van der Waals surface area contributed by atoms with Crippen molar-refractivity contribution in [2.75, 3.05) is 13.1 Å². The van der Waals surface area contributed by atoms with Crippen molar-refractivity contribution in [2.45, 2.75) is 66.5 Å². The first-order valence-corrected chi connectivity index (χ1v) is 11.0. The molecule has 0 unspecified atom stereocenters. The highest BCUT2D eigenvalue weighted by Gasteiger charge is 2.07. The van der Waals surface area contributed by atoms with E-state index in [1.807, 2.05) is 0 Å². The quantitative estimate of drug-likeness (QED) is 0.461. The van der Waals surface area contributed by atoms with E-state index < -0.39 is 0 Å². The van der Waals surface area contributed by atoms with Crippen LogP contribution in [0, 0.1) is 11.8 Å². The lowest BCUT2D eigenvalue weighted by atomic mass is 10.00. The van der Waals surface area contributed by atoms with Gasteiger partial charge in [-0.15, -0.1) is 0 Å². The van der Waals surface area contributed by atoms with Gasteiger partial charge in [-0.3, -0.25) is 0 Å². The predicted molar refractivity (Wildman–Crippen MR) is 123 cm³/mol. The second kappa shape index (κ2) is 11.4. The van der Waals surface area contributed by atoms with Crippen LogP contribution in [-0.2, 0) is 12.8 Å². The minimum absolute atomic E-state index is 0.375. The molecule has 0 fully saturated rings. The van der Waals surface area contributed by atoms with Crippen LogP contribution in [0.5, 0.6) is 0 Å². The first kappa shape index (κ1) is 22.6. The second-order valence-electron chi connectivity index (χ2n) is 9.03. The number of nitrogens with one attached hydrogen (secondary N) is 2. The average Bonchev–Trinajstić information content (AvgIpc) is 2.65. The number of benzene rings is 2. The molecule has 2 nitrogen and oxygen atoms in total. The summed E-state index contributed by atoms with van der Waals surface area (Å²) in [5.41, 5.74) is 5.59. The number of rotatable bonds is 11. The van der Waals surface area contributed by atoms with Gasteiger partial charge in [-0.1, -0.05) is 76.2 Å². The molecule has 0 aliphatic rings. The highest BCUT2D eigenvalue weighted by molar-refractivity contribution is 5.26. The summed E-state index contributed by atoms with van der Waals surface area (Å²) in [7, 11) is 0. The third-order valence-electron chi connectivity index (χ3n) is 5.27. The summed E-state index contributed by atoms with van der Waals surface area (Å²) in [6.07, 6.45) is 2.31. The Hall–Kier alpha value is -1.64. The Morgan fingerprint density at radius 1 is 0.536 bits per heavy atom. The summed E-state index contributed by atoms with van der Waals surface area (Å²) in [4.78, 5) is 0. The molecular formula is C26H40N2. The fourth-order valence-corrected chi connectivity index (χ4v) is 3.64. The Labute approximate surface area is 173 Å². The van der Waals surface area contributed by atoms with Gasteiger partial charge >= 0.3 is 0 Å². The lowest BCUT2D eigenvalue weighted by Crippen LogP contribution is -2.30. The number of hydrogen-bond donors (Lipinski definition) is 2. The topological polar surface area (TPSA) is 24.1 Å². The molecule has 2 heteroatoms. The van der Waals surface area contributed by atoms with E-state index in [9.17, 15) is 0 Å². The molecule has 154 valence electrons. The van der Waals surface area contributed by atoms with Crippen LogP contribution in [0.3, 0.4) is 0 Å². The first-order chi connectivity index (χ1) is 13.3. The molecule has 0 amide bonds. The van der Waals surface area contributed by atoms with E-state index in [4.69, 9.17) is 0 Å². The maximum Gasteiger partial charge on any atom is 0.0292 e. The lowest BCUT2D eigenvalue weighted by molar-refractivity contribution is 0.511. The molecule has 0 aliphatic heterocycles. The zero-order chi connectivity index (χ0) is 20.5. The fourth-order valence-electron chi connectivity index (χ4n) is 3.64. The molecule has 0 bridgehead atoms. The summed E-state index contributed by atoms with van der Waals surface area (Å²) in [5, 5.41) is 7.27. The molecule has 2 N–H and O–H groups in total. The van der Waals surface area contributed by atoms with Gasteiger partial charge in [0.05, 0.1) is 0 Å². The van der Waals surface area contributed by atoms with Gasteiger partial charge in [0.25, 0.3) is 0 Å². The Balaban J connectivity index is 1.72. The molecule has 0 saturated heterocycles. The highest BCUT2D eigenvalue weighted by Crippen LogP contribution is 2.17. The van der Waals surface area contributed by atoms with E-state index in [-0.39, 0.29) is 0 Å². The molecular weight excluding hydrogens is 340 g/mol. The summed E-state index contributed by atoms with van der Waals surface area (Å²) < 4.78 is 0. The monoisotopic (exact) mass is 380 g/mol. The summed E-state index contributed by atoms with van der Waals surface area (Å²) in [5.74, 6) is 1.42. The molecule has 0 spiro atoms. The van der Waals surface area contributed by atoms with E-state index in [0.29, 0.717) is 23.9 Å². The normalized spacial score (nSPS) is 13.9. The largest absolute Gasteiger partial charge is 0.309 e. The van der Waals surface area contributed by atoms with E-state index in [1.165, 1.54) is 22.3 Å². The maximum atomic E-state index is 3.63. The van der Waals surface area contributed by atoms with Crippen molar-refractivity contribution in [3.8, 4) is 0 Å². The highest BCUT2D eigenvalue weighted by atomic mass is 15.0. The summed E-state index contributed by atoms with van der Waals surface area (Å²) >= 11 is 0. The van der Waals surface area contributed by atoms with Crippen molar-refractivity contribution in [3.63, 3.8) is 0 Å². The SMILES string of the molecule is CC(C)Cc1ccc([C@H](C)NCCN[C@@H](C)c2ccc(CC(C)C)cc2)cc1. The van der Waals surface area contributed by atoms with Gasteiger partial charge in [-0.2, -0.15) is 0 Å². The van der Waals surface area contributed by atoms with Gasteiger partial charge in [-0.05, 0) is 60.8 Å². The van der Waals surface area contributed by atoms with Crippen LogP contribution >= 0.6 is 0 Å². The molecule has 0 saturated carbocycles. The van der Waals surface area contributed by atoms with E-state index in [1.54, 1.807) is 0 Å². The van der Waals surface area contributed by atoms with E-state index in [2.05, 4.69) is 101 Å². The van der Waals surface area contributed by atoms with Crippen LogP contribution in [0.25, 0.3) is 0 Å². The van der Waals surface area contributed by atoms with Crippen molar-refractivity contribution < 1.29 is 0 Å². The zero-order valence-electron chi connectivity index (χ0n) is 18.8. The van der Waals surface area contributed by atoms with Crippen molar-refractivity contribution in [1.82, 2.24) is 10.6 Å². The molecule has 0 aliphatic carbocycles. The van der Waals surface area contributed by atoms with Crippen molar-refractivity contribution >= 4 is 0 Å². The van der Waals surface area contributed by atoms with Crippen LogP contribution in [0.15, 0.2) is 48.5 Å². The Morgan fingerprint density at radius 3 is 1.14 bits per heavy atom. The van der Waals surface area contributed by atoms with Crippen LogP contribution < -0.4 is 10.6 Å². The molecule has 2 aromatic rings. The molecule has 2 rings (SSSR count). The van der Waals surface area contributed by atoms with Crippen molar-refractivity contribution in [1.29, 1.82) is 0 Å². The molecule has 0 aromatic heterocycles. The van der Waals surface area contributed by atoms with Crippen LogP contribution in [0.2, 0.25) is 0 Å². The minimum Gasteiger partial charge on any atom is -0.309 e. The Bertz CT molecular complexity index is 609. The van der Waals surface area contributed by atoms with Gasteiger partial charge < -0.3 is 10.6 Å². The van der Waals surface area contributed by atoms with Gasteiger partial charge in [0.15, 0.2) is 0 Å². The predicted octanol–water partition coefficient (Wildman–Crippen LogP) is 6.09. The van der Waals surface area contributed by atoms with E-state index in [0.717, 1.165) is 25.9 Å². The smallest absolute Gasteiger partial charge is 0.0292 e. The van der Waals surface area contributed by atoms with Crippen LogP contribution in [-0.4, -0.2) is 13.1 Å². The maximum absolute atomic E-state index is 3.63. The van der Waals surface area contributed by atoms with Gasteiger partial charge in [-0.25, -0.2) is 0 Å².